The highest BCUT2D eigenvalue weighted by Gasteiger charge is 2.38. The second kappa shape index (κ2) is 5.64. The van der Waals surface area contributed by atoms with Gasteiger partial charge in [-0.3, -0.25) is 0 Å². The Morgan fingerprint density at radius 1 is 1.20 bits per heavy atom. The lowest BCUT2D eigenvalue weighted by molar-refractivity contribution is -0.624. The molecule has 0 amide bonds. The number of rotatable bonds is 2. The quantitative estimate of drug-likeness (QED) is 0.480. The second-order valence-electron chi connectivity index (χ2n) is 4.06. The van der Waals surface area contributed by atoms with Crippen LogP contribution in [0.15, 0.2) is 30.3 Å². The molecule has 7 heteroatoms. The van der Waals surface area contributed by atoms with E-state index in [1.54, 1.807) is 6.92 Å². The number of benzene rings is 1. The topological polar surface area (TPSA) is 49.1 Å². The molecule has 0 aliphatic rings. The Kier molecular flexibility index (Phi) is 4.28. The Balaban J connectivity index is 2.77. The Hall–Kier alpha value is -1.23. The number of aromatic nitrogens is 2. The summed E-state index contributed by atoms with van der Waals surface area (Å²) in [7, 11) is 1.46. The summed E-state index contributed by atoms with van der Waals surface area (Å²) in [5, 5.41) is 12.1. The van der Waals surface area contributed by atoms with E-state index in [1.165, 1.54) is 7.11 Å². The molecule has 0 N–H and O–H groups in total. The zero-order valence-electron chi connectivity index (χ0n) is 10.7. The molecule has 2 rings (SSSR count). The molecule has 1 aromatic carbocycles. The van der Waals surface area contributed by atoms with Crippen molar-refractivity contribution < 1.29 is 9.47 Å². The van der Waals surface area contributed by atoms with Gasteiger partial charge in [0.25, 0.3) is 3.79 Å². The summed E-state index contributed by atoms with van der Waals surface area (Å²) >= 11 is 17.4. The molecule has 0 bridgehead atoms. The van der Waals surface area contributed by atoms with Crippen LogP contribution in [0.1, 0.15) is 11.5 Å². The Labute approximate surface area is 131 Å². The molecule has 1 aromatic heterocycles. The zero-order valence-corrected chi connectivity index (χ0v) is 13.0. The fraction of sp³-hybridized carbons (Fsp3) is 0.231. The van der Waals surface area contributed by atoms with Gasteiger partial charge >= 0.3 is 5.82 Å². The Morgan fingerprint density at radius 3 is 2.30 bits per heavy atom. The lowest BCUT2D eigenvalue weighted by atomic mass is 10.1. The highest BCUT2D eigenvalue weighted by atomic mass is 35.6. The molecule has 0 fully saturated rings. The highest BCUT2D eigenvalue weighted by molar-refractivity contribution is 6.66. The van der Waals surface area contributed by atoms with E-state index in [0.29, 0.717) is 16.2 Å². The molecule has 2 aromatic rings. The monoisotopic (exact) mass is 332 g/mol. The van der Waals surface area contributed by atoms with E-state index in [0.717, 1.165) is 5.56 Å². The molecule has 20 heavy (non-hydrogen) atoms. The van der Waals surface area contributed by atoms with Crippen LogP contribution in [0.25, 0.3) is 11.3 Å². The first-order chi connectivity index (χ1) is 9.36. The van der Waals surface area contributed by atoms with Crippen molar-refractivity contribution in [3.05, 3.63) is 47.1 Å². The molecular weight excluding hydrogens is 323 g/mol. The molecule has 0 saturated heterocycles. The van der Waals surface area contributed by atoms with E-state index in [4.69, 9.17) is 39.5 Å². The first-order valence-electron chi connectivity index (χ1n) is 5.67. The van der Waals surface area contributed by atoms with Gasteiger partial charge in [0.2, 0.25) is 11.4 Å². The zero-order chi connectivity index (χ0) is 14.9. The molecule has 4 nitrogen and oxygen atoms in total. The van der Waals surface area contributed by atoms with Crippen molar-refractivity contribution in [1.29, 1.82) is 0 Å². The SMILES string of the molecule is COc1c(-c2ccccc2)nc(C(Cl)(Cl)Cl)[n+]([O-])c1C. The predicted octanol–water partition coefficient (Wildman–Crippen LogP) is 3.53. The number of methoxy groups -OCH3 is 1. The molecule has 0 saturated carbocycles. The molecule has 0 spiro atoms. The lowest BCUT2D eigenvalue weighted by Gasteiger charge is -2.17. The highest BCUT2D eigenvalue weighted by Crippen LogP contribution is 2.38. The molecular formula is C13H11Cl3N2O2. The summed E-state index contributed by atoms with van der Waals surface area (Å²) in [5.74, 6) is 0.142. The van der Waals surface area contributed by atoms with Gasteiger partial charge in [-0.25, -0.2) is 4.73 Å². The van der Waals surface area contributed by atoms with Crippen LogP contribution in [0.3, 0.4) is 0 Å². The van der Waals surface area contributed by atoms with E-state index in [1.807, 2.05) is 30.3 Å². The van der Waals surface area contributed by atoms with Gasteiger partial charge in [-0.1, -0.05) is 65.1 Å². The minimum atomic E-state index is -1.91. The van der Waals surface area contributed by atoms with E-state index in [-0.39, 0.29) is 11.5 Å². The average molecular weight is 334 g/mol. The Bertz CT molecular complexity index is 628. The van der Waals surface area contributed by atoms with E-state index in [2.05, 4.69) is 4.98 Å². The van der Waals surface area contributed by atoms with Gasteiger partial charge in [0.05, 0.1) is 7.11 Å². The first kappa shape index (κ1) is 15.2. The van der Waals surface area contributed by atoms with Crippen LogP contribution in [-0.4, -0.2) is 12.1 Å². The van der Waals surface area contributed by atoms with Crippen molar-refractivity contribution in [3.63, 3.8) is 0 Å². The number of nitrogens with zero attached hydrogens (tertiary/aromatic N) is 2. The van der Waals surface area contributed by atoms with Gasteiger partial charge in [0.1, 0.15) is 0 Å². The minimum Gasteiger partial charge on any atom is -0.710 e. The largest absolute Gasteiger partial charge is 0.710 e. The molecule has 0 aliphatic heterocycles. The van der Waals surface area contributed by atoms with Crippen LogP contribution in [0.2, 0.25) is 0 Å². The molecule has 0 radical (unpaired) electrons. The van der Waals surface area contributed by atoms with Crippen molar-refractivity contribution in [2.75, 3.05) is 7.11 Å². The normalized spacial score (nSPS) is 11.4. The molecule has 0 aliphatic carbocycles. The van der Waals surface area contributed by atoms with Crippen LogP contribution in [0.4, 0.5) is 0 Å². The van der Waals surface area contributed by atoms with Crippen molar-refractivity contribution >= 4 is 34.8 Å². The van der Waals surface area contributed by atoms with Crippen molar-refractivity contribution in [2.24, 2.45) is 0 Å². The average Bonchev–Trinajstić information content (AvgIpc) is 2.41. The van der Waals surface area contributed by atoms with Crippen molar-refractivity contribution in [1.82, 2.24) is 4.98 Å². The molecule has 1 heterocycles. The molecule has 0 atom stereocenters. The maximum atomic E-state index is 12.1. The fourth-order valence-corrected chi connectivity index (χ4v) is 2.20. The summed E-state index contributed by atoms with van der Waals surface area (Å²) in [5.41, 5.74) is 1.50. The number of alkyl halides is 3. The lowest BCUT2D eigenvalue weighted by Crippen LogP contribution is -2.40. The summed E-state index contributed by atoms with van der Waals surface area (Å²) in [6.45, 7) is 1.58. The van der Waals surface area contributed by atoms with Crippen LogP contribution >= 0.6 is 34.8 Å². The van der Waals surface area contributed by atoms with Gasteiger partial charge in [-0.15, -0.1) is 0 Å². The van der Waals surface area contributed by atoms with E-state index < -0.39 is 3.79 Å². The number of ether oxygens (including phenoxy) is 1. The summed E-state index contributed by atoms with van der Waals surface area (Å²) in [6, 6.07) is 9.23. The summed E-state index contributed by atoms with van der Waals surface area (Å²) < 4.78 is 3.82. The predicted molar refractivity (Wildman–Crippen MR) is 79.2 cm³/mol. The van der Waals surface area contributed by atoms with Crippen LogP contribution < -0.4 is 9.47 Å². The third-order valence-electron chi connectivity index (χ3n) is 2.76. The number of halogens is 3. The van der Waals surface area contributed by atoms with Crippen LogP contribution in [0, 0.1) is 12.1 Å². The van der Waals surface area contributed by atoms with Gasteiger partial charge in [0, 0.05) is 12.5 Å². The van der Waals surface area contributed by atoms with Crippen LogP contribution in [-0.2, 0) is 3.79 Å². The standard InChI is InChI=1S/C13H11Cl3N2O2/c1-8-11(20-2)10(9-6-4-3-5-7-9)17-12(18(8)19)13(14,15)16/h3-7H,1-2H3. The fourth-order valence-electron chi connectivity index (χ4n) is 1.84. The third kappa shape index (κ3) is 2.77. The summed E-state index contributed by atoms with van der Waals surface area (Å²) in [4.78, 5) is 4.18. The first-order valence-corrected chi connectivity index (χ1v) is 6.80. The second-order valence-corrected chi connectivity index (χ2v) is 6.34. The van der Waals surface area contributed by atoms with Gasteiger partial charge in [-0.2, -0.15) is 0 Å². The number of hydrogen-bond acceptors (Lipinski definition) is 3. The maximum Gasteiger partial charge on any atom is 0.354 e. The molecule has 106 valence electrons. The van der Waals surface area contributed by atoms with Crippen LogP contribution in [0.5, 0.6) is 5.75 Å². The summed E-state index contributed by atoms with van der Waals surface area (Å²) in [6.07, 6.45) is 0. The van der Waals surface area contributed by atoms with Crippen molar-refractivity contribution in [2.45, 2.75) is 10.7 Å². The number of hydrogen-bond donors (Lipinski definition) is 0. The smallest absolute Gasteiger partial charge is 0.354 e. The minimum absolute atomic E-state index is 0.209. The van der Waals surface area contributed by atoms with Gasteiger partial charge < -0.3 is 9.94 Å². The maximum absolute atomic E-state index is 12.1. The molecule has 0 unspecified atom stereocenters. The van der Waals surface area contributed by atoms with Crippen molar-refractivity contribution in [3.8, 4) is 17.0 Å². The third-order valence-corrected chi connectivity index (χ3v) is 3.27. The van der Waals surface area contributed by atoms with E-state index >= 15 is 0 Å². The van der Waals surface area contributed by atoms with Gasteiger partial charge in [0.15, 0.2) is 5.69 Å². The van der Waals surface area contributed by atoms with E-state index in [9.17, 15) is 5.21 Å². The Morgan fingerprint density at radius 2 is 1.80 bits per heavy atom. The van der Waals surface area contributed by atoms with Gasteiger partial charge in [-0.05, 0) is 4.98 Å².